The van der Waals surface area contributed by atoms with Gasteiger partial charge in [-0.3, -0.25) is 0 Å². The van der Waals surface area contributed by atoms with Crippen LogP contribution in [0.5, 0.6) is 0 Å². The molecule has 0 unspecified atom stereocenters. The van der Waals surface area contributed by atoms with E-state index in [1.165, 1.54) is 11.3 Å². The quantitative estimate of drug-likeness (QED) is 0.761. The number of carbonyl (C=O) groups is 1. The average Bonchev–Trinajstić information content (AvgIpc) is 2.80. The molecule has 0 bridgehead atoms. The highest BCUT2D eigenvalue weighted by Gasteiger charge is 2.14. The number of hydrogen-bond donors (Lipinski definition) is 2. The smallest absolute Gasteiger partial charge is 0.355 e. The number of thiazole rings is 1. The number of nitrogens with one attached hydrogen (secondary N) is 1. The van der Waals surface area contributed by atoms with Gasteiger partial charge >= 0.3 is 5.97 Å². The Morgan fingerprint density at radius 1 is 1.20 bits per heavy atom. The first-order valence-electron chi connectivity index (χ1n) is 6.10. The van der Waals surface area contributed by atoms with Gasteiger partial charge in [0, 0.05) is 16.0 Å². The molecule has 4 nitrogen and oxygen atoms in total. The van der Waals surface area contributed by atoms with Crippen molar-refractivity contribution in [3.63, 3.8) is 0 Å². The average molecular weight is 284 g/mol. The SMILES string of the molecule is Cc1sc(Nc2cccc3ccccc23)nc1C(=O)O. The van der Waals surface area contributed by atoms with Crippen LogP contribution in [0.3, 0.4) is 0 Å². The van der Waals surface area contributed by atoms with Crippen molar-refractivity contribution in [1.82, 2.24) is 4.98 Å². The molecule has 3 rings (SSSR count). The minimum absolute atomic E-state index is 0.109. The van der Waals surface area contributed by atoms with E-state index in [0.717, 1.165) is 16.5 Å². The van der Waals surface area contributed by atoms with E-state index in [9.17, 15) is 4.79 Å². The van der Waals surface area contributed by atoms with Crippen LogP contribution in [0.1, 0.15) is 15.4 Å². The second kappa shape index (κ2) is 4.94. The fraction of sp³-hybridized carbons (Fsp3) is 0.0667. The molecule has 1 heterocycles. The Morgan fingerprint density at radius 3 is 2.70 bits per heavy atom. The van der Waals surface area contributed by atoms with Crippen molar-refractivity contribution >= 4 is 38.9 Å². The van der Waals surface area contributed by atoms with Crippen LogP contribution >= 0.6 is 11.3 Å². The summed E-state index contributed by atoms with van der Waals surface area (Å²) in [5.74, 6) is -0.996. The molecule has 0 spiro atoms. The van der Waals surface area contributed by atoms with Gasteiger partial charge in [0.15, 0.2) is 10.8 Å². The summed E-state index contributed by atoms with van der Waals surface area (Å²) >= 11 is 1.34. The van der Waals surface area contributed by atoms with Crippen molar-refractivity contribution in [2.45, 2.75) is 6.92 Å². The van der Waals surface area contributed by atoms with Crippen molar-refractivity contribution in [3.05, 3.63) is 53.0 Å². The molecule has 100 valence electrons. The van der Waals surface area contributed by atoms with Gasteiger partial charge in [-0.05, 0) is 18.4 Å². The number of anilines is 2. The molecule has 0 fully saturated rings. The van der Waals surface area contributed by atoms with Crippen LogP contribution in [-0.4, -0.2) is 16.1 Å². The maximum atomic E-state index is 11.0. The zero-order valence-electron chi connectivity index (χ0n) is 10.8. The summed E-state index contributed by atoms with van der Waals surface area (Å²) < 4.78 is 0. The lowest BCUT2D eigenvalue weighted by atomic mass is 10.1. The van der Waals surface area contributed by atoms with Crippen LogP contribution in [0.2, 0.25) is 0 Å². The van der Waals surface area contributed by atoms with Crippen molar-refractivity contribution in [1.29, 1.82) is 0 Å². The summed E-state index contributed by atoms with van der Waals surface area (Å²) in [5.41, 5.74) is 1.03. The molecule has 0 aliphatic rings. The zero-order valence-corrected chi connectivity index (χ0v) is 11.6. The molecule has 0 radical (unpaired) electrons. The molecule has 2 N–H and O–H groups in total. The monoisotopic (exact) mass is 284 g/mol. The van der Waals surface area contributed by atoms with Crippen molar-refractivity contribution in [2.24, 2.45) is 0 Å². The van der Waals surface area contributed by atoms with E-state index in [2.05, 4.69) is 10.3 Å². The van der Waals surface area contributed by atoms with Crippen LogP contribution in [-0.2, 0) is 0 Å². The van der Waals surface area contributed by atoms with E-state index >= 15 is 0 Å². The molecule has 5 heteroatoms. The molecular weight excluding hydrogens is 272 g/mol. The summed E-state index contributed by atoms with van der Waals surface area (Å²) in [5, 5.41) is 15.0. The van der Waals surface area contributed by atoms with Crippen LogP contribution in [0, 0.1) is 6.92 Å². The number of carboxylic acid groups (broad SMARTS) is 1. The summed E-state index contributed by atoms with van der Waals surface area (Å²) in [7, 11) is 0. The van der Waals surface area contributed by atoms with Gasteiger partial charge in [-0.15, -0.1) is 11.3 Å². The topological polar surface area (TPSA) is 62.2 Å². The number of aromatic nitrogens is 1. The standard InChI is InChI=1S/C15H12N2O2S/c1-9-13(14(18)19)17-15(20-9)16-12-8-4-6-10-5-2-3-7-11(10)12/h2-8H,1H3,(H,16,17)(H,18,19). The highest BCUT2D eigenvalue weighted by atomic mass is 32.1. The van der Waals surface area contributed by atoms with Crippen LogP contribution in [0.25, 0.3) is 10.8 Å². The lowest BCUT2D eigenvalue weighted by Gasteiger charge is -2.06. The largest absolute Gasteiger partial charge is 0.476 e. The van der Waals surface area contributed by atoms with E-state index in [0.29, 0.717) is 10.0 Å². The molecule has 3 aromatic rings. The third-order valence-electron chi connectivity index (χ3n) is 3.03. The molecule has 0 saturated heterocycles. The second-order valence-corrected chi connectivity index (χ2v) is 5.58. The summed E-state index contributed by atoms with van der Waals surface area (Å²) in [6, 6.07) is 14.0. The minimum Gasteiger partial charge on any atom is -0.476 e. The van der Waals surface area contributed by atoms with Crippen LogP contribution in [0.15, 0.2) is 42.5 Å². The van der Waals surface area contributed by atoms with Crippen LogP contribution < -0.4 is 5.32 Å². The van der Waals surface area contributed by atoms with E-state index in [4.69, 9.17) is 5.11 Å². The lowest BCUT2D eigenvalue weighted by molar-refractivity contribution is 0.0690. The zero-order chi connectivity index (χ0) is 14.1. The molecule has 20 heavy (non-hydrogen) atoms. The Morgan fingerprint density at radius 2 is 1.95 bits per heavy atom. The number of aromatic carboxylic acids is 1. The summed E-state index contributed by atoms with van der Waals surface area (Å²) in [4.78, 5) is 15.8. The lowest BCUT2D eigenvalue weighted by Crippen LogP contribution is -1.99. The maximum Gasteiger partial charge on any atom is 0.355 e. The highest BCUT2D eigenvalue weighted by Crippen LogP contribution is 2.29. The Kier molecular flexibility index (Phi) is 3.12. The Bertz CT molecular complexity index is 790. The number of fused-ring (bicyclic) bond motifs is 1. The first kappa shape index (κ1) is 12.6. The number of hydrogen-bond acceptors (Lipinski definition) is 4. The first-order chi connectivity index (χ1) is 9.65. The molecule has 0 atom stereocenters. The van der Waals surface area contributed by atoms with E-state index < -0.39 is 5.97 Å². The normalized spacial score (nSPS) is 10.7. The maximum absolute atomic E-state index is 11.0. The molecule has 0 aliphatic carbocycles. The van der Waals surface area contributed by atoms with Gasteiger partial charge < -0.3 is 10.4 Å². The van der Waals surface area contributed by atoms with E-state index in [-0.39, 0.29) is 5.69 Å². The van der Waals surface area contributed by atoms with Gasteiger partial charge in [0.05, 0.1) is 0 Å². The Hall–Kier alpha value is -2.40. The fourth-order valence-electron chi connectivity index (χ4n) is 2.10. The van der Waals surface area contributed by atoms with Crippen molar-refractivity contribution in [3.8, 4) is 0 Å². The molecule has 1 aromatic heterocycles. The molecular formula is C15H12N2O2S. The van der Waals surface area contributed by atoms with Crippen LogP contribution in [0.4, 0.5) is 10.8 Å². The van der Waals surface area contributed by atoms with Gasteiger partial charge in [0.1, 0.15) is 0 Å². The van der Waals surface area contributed by atoms with Gasteiger partial charge in [-0.2, -0.15) is 0 Å². The van der Waals surface area contributed by atoms with Gasteiger partial charge in [0.2, 0.25) is 0 Å². The summed E-state index contributed by atoms with van der Waals surface area (Å²) in [6.45, 7) is 1.76. The highest BCUT2D eigenvalue weighted by molar-refractivity contribution is 7.15. The third kappa shape index (κ3) is 2.23. The van der Waals surface area contributed by atoms with Gasteiger partial charge in [0.25, 0.3) is 0 Å². The summed E-state index contributed by atoms with van der Waals surface area (Å²) in [6.07, 6.45) is 0. The third-order valence-corrected chi connectivity index (χ3v) is 3.92. The first-order valence-corrected chi connectivity index (χ1v) is 6.92. The van der Waals surface area contributed by atoms with Gasteiger partial charge in [-0.1, -0.05) is 36.4 Å². The fourth-order valence-corrected chi connectivity index (χ4v) is 2.92. The Balaban J connectivity index is 2.01. The van der Waals surface area contributed by atoms with E-state index in [1.54, 1.807) is 6.92 Å². The second-order valence-electron chi connectivity index (χ2n) is 4.38. The number of aryl methyl sites for hydroxylation is 1. The molecule has 2 aromatic carbocycles. The van der Waals surface area contributed by atoms with Gasteiger partial charge in [-0.25, -0.2) is 9.78 Å². The van der Waals surface area contributed by atoms with E-state index in [1.807, 2.05) is 42.5 Å². The molecule has 0 aliphatic heterocycles. The van der Waals surface area contributed by atoms with Crippen molar-refractivity contribution < 1.29 is 9.90 Å². The molecule has 0 amide bonds. The Labute approximate surface area is 119 Å². The molecule has 0 saturated carbocycles. The number of nitrogens with zero attached hydrogens (tertiary/aromatic N) is 1. The number of benzene rings is 2. The minimum atomic E-state index is -0.996. The predicted molar refractivity (Wildman–Crippen MR) is 81.0 cm³/mol. The number of rotatable bonds is 3. The number of carboxylic acids is 1. The predicted octanol–water partition coefficient (Wildman–Crippen LogP) is 4.05. The van der Waals surface area contributed by atoms with Crippen molar-refractivity contribution in [2.75, 3.05) is 5.32 Å².